The van der Waals surface area contributed by atoms with E-state index in [1.807, 2.05) is 19.2 Å². The van der Waals surface area contributed by atoms with E-state index in [0.717, 1.165) is 22.7 Å². The second-order valence-corrected chi connectivity index (χ2v) is 8.07. The lowest BCUT2D eigenvalue weighted by atomic mass is 10.1. The molecule has 3 rings (SSSR count). The number of amides is 2. The number of nitrogens with zero attached hydrogens (tertiary/aromatic N) is 1. The van der Waals surface area contributed by atoms with E-state index < -0.39 is 23.7 Å². The number of hydrogen-bond acceptors (Lipinski definition) is 6. The largest absolute Gasteiger partial charge is 0.467 e. The van der Waals surface area contributed by atoms with Gasteiger partial charge in [0.05, 0.1) is 12.8 Å². The summed E-state index contributed by atoms with van der Waals surface area (Å²) in [7, 11) is 1.35. The standard InChI is InChI=1S/C22H22F2N4O3S/c1-12(2)19(21(29)31-3)27-18-11-32-20(28-18)13-4-7-15(8-5-13)25-22(30)26-17-9-6-14(23)10-16(17)24/h4-12,19,27H,1-3H3,(H2,25,26,30)/t19-/m0/s1. The lowest BCUT2D eigenvalue weighted by Crippen LogP contribution is -2.35. The highest BCUT2D eigenvalue weighted by Gasteiger charge is 2.23. The van der Waals surface area contributed by atoms with Crippen molar-refractivity contribution < 1.29 is 23.1 Å². The number of anilines is 3. The van der Waals surface area contributed by atoms with E-state index in [1.165, 1.54) is 18.4 Å². The number of aromatic nitrogens is 1. The van der Waals surface area contributed by atoms with Crippen LogP contribution in [0.4, 0.5) is 30.8 Å². The minimum absolute atomic E-state index is 0.0208. The molecule has 2 amide bonds. The van der Waals surface area contributed by atoms with Crippen molar-refractivity contribution in [3.05, 3.63) is 59.5 Å². The van der Waals surface area contributed by atoms with Gasteiger partial charge in [0.1, 0.15) is 28.5 Å². The molecule has 0 aliphatic rings. The van der Waals surface area contributed by atoms with Crippen molar-refractivity contribution in [2.24, 2.45) is 5.92 Å². The van der Waals surface area contributed by atoms with E-state index in [4.69, 9.17) is 4.74 Å². The molecule has 1 atom stereocenters. The normalized spacial score (nSPS) is 11.7. The number of thiazole rings is 1. The maximum absolute atomic E-state index is 13.7. The number of ether oxygens (including phenoxy) is 1. The zero-order chi connectivity index (χ0) is 23.3. The van der Waals surface area contributed by atoms with E-state index in [1.54, 1.807) is 24.3 Å². The molecule has 0 spiro atoms. The van der Waals surface area contributed by atoms with E-state index in [0.29, 0.717) is 17.6 Å². The number of benzene rings is 2. The molecule has 3 N–H and O–H groups in total. The molecular formula is C22H22F2N4O3S. The average Bonchev–Trinajstić information content (AvgIpc) is 3.22. The molecule has 0 saturated carbocycles. The van der Waals surface area contributed by atoms with E-state index in [9.17, 15) is 18.4 Å². The summed E-state index contributed by atoms with van der Waals surface area (Å²) in [6, 6.07) is 8.62. The third-order valence-corrected chi connectivity index (χ3v) is 5.39. The van der Waals surface area contributed by atoms with Crippen molar-refractivity contribution in [2.75, 3.05) is 23.1 Å². The van der Waals surface area contributed by atoms with E-state index in [2.05, 4.69) is 20.9 Å². The van der Waals surface area contributed by atoms with Crippen LogP contribution in [0.3, 0.4) is 0 Å². The Labute approximate surface area is 187 Å². The van der Waals surface area contributed by atoms with Gasteiger partial charge in [-0.1, -0.05) is 13.8 Å². The van der Waals surface area contributed by atoms with Crippen LogP contribution in [0.2, 0.25) is 0 Å². The van der Waals surface area contributed by atoms with Gasteiger partial charge >= 0.3 is 12.0 Å². The Kier molecular flexibility index (Phi) is 7.37. The first-order valence-electron chi connectivity index (χ1n) is 9.70. The van der Waals surface area contributed by atoms with Gasteiger partial charge in [0, 0.05) is 22.7 Å². The molecule has 1 aromatic heterocycles. The molecule has 0 radical (unpaired) electrons. The zero-order valence-electron chi connectivity index (χ0n) is 17.6. The third-order valence-electron chi connectivity index (χ3n) is 4.50. The minimum atomic E-state index is -0.865. The quantitative estimate of drug-likeness (QED) is 0.414. The molecule has 2 aromatic carbocycles. The molecule has 168 valence electrons. The van der Waals surface area contributed by atoms with Crippen LogP contribution in [0.15, 0.2) is 47.8 Å². The summed E-state index contributed by atoms with van der Waals surface area (Å²) in [5, 5.41) is 10.5. The summed E-state index contributed by atoms with van der Waals surface area (Å²) in [6.45, 7) is 3.82. The molecule has 1 heterocycles. The van der Waals surface area contributed by atoms with Gasteiger partial charge in [0.25, 0.3) is 0 Å². The Balaban J connectivity index is 1.63. The fraction of sp³-hybridized carbons (Fsp3) is 0.227. The van der Waals surface area contributed by atoms with Crippen molar-refractivity contribution in [3.63, 3.8) is 0 Å². The summed E-state index contributed by atoms with van der Waals surface area (Å²) in [4.78, 5) is 28.5. The summed E-state index contributed by atoms with van der Waals surface area (Å²) >= 11 is 1.40. The van der Waals surface area contributed by atoms with Gasteiger partial charge in [-0.25, -0.2) is 23.4 Å². The SMILES string of the molecule is COC(=O)[C@@H](Nc1csc(-c2ccc(NC(=O)Nc3ccc(F)cc3F)cc2)n1)C(C)C. The van der Waals surface area contributed by atoms with Gasteiger partial charge in [-0.3, -0.25) is 0 Å². The number of urea groups is 1. The maximum Gasteiger partial charge on any atom is 0.328 e. The van der Waals surface area contributed by atoms with Crippen molar-refractivity contribution >= 4 is 40.5 Å². The van der Waals surface area contributed by atoms with E-state index in [-0.39, 0.29) is 17.6 Å². The second kappa shape index (κ2) is 10.2. The predicted octanol–water partition coefficient (Wildman–Crippen LogP) is 5.34. The summed E-state index contributed by atoms with van der Waals surface area (Å²) in [5.74, 6) is -1.36. The van der Waals surface area contributed by atoms with Crippen LogP contribution in [0.5, 0.6) is 0 Å². The number of methoxy groups -OCH3 is 1. The maximum atomic E-state index is 13.7. The Hall–Kier alpha value is -3.53. The van der Waals surface area contributed by atoms with Crippen molar-refractivity contribution in [1.82, 2.24) is 4.98 Å². The smallest absolute Gasteiger partial charge is 0.328 e. The van der Waals surface area contributed by atoms with Gasteiger partial charge in [0.15, 0.2) is 0 Å². The van der Waals surface area contributed by atoms with Gasteiger partial charge in [-0.2, -0.15) is 0 Å². The van der Waals surface area contributed by atoms with Crippen molar-refractivity contribution in [3.8, 4) is 10.6 Å². The Bertz CT molecular complexity index is 1100. The van der Waals surface area contributed by atoms with Crippen LogP contribution >= 0.6 is 11.3 Å². The third kappa shape index (κ3) is 5.79. The van der Waals surface area contributed by atoms with Crippen LogP contribution in [-0.4, -0.2) is 30.1 Å². The van der Waals surface area contributed by atoms with Crippen LogP contribution in [0, 0.1) is 17.6 Å². The predicted molar refractivity (Wildman–Crippen MR) is 121 cm³/mol. The average molecular weight is 461 g/mol. The topological polar surface area (TPSA) is 92.4 Å². The highest BCUT2D eigenvalue weighted by molar-refractivity contribution is 7.13. The second-order valence-electron chi connectivity index (χ2n) is 7.21. The molecular weight excluding hydrogens is 438 g/mol. The first kappa shape index (κ1) is 23.1. The monoisotopic (exact) mass is 460 g/mol. The van der Waals surface area contributed by atoms with Crippen LogP contribution in [0.1, 0.15) is 13.8 Å². The number of carbonyl (C=O) groups excluding carboxylic acids is 2. The molecule has 0 saturated heterocycles. The first-order chi connectivity index (χ1) is 15.3. The Morgan fingerprint density at radius 1 is 1.06 bits per heavy atom. The molecule has 10 heteroatoms. The molecule has 0 unspecified atom stereocenters. The first-order valence-corrected chi connectivity index (χ1v) is 10.6. The fourth-order valence-corrected chi connectivity index (χ4v) is 3.60. The van der Waals surface area contributed by atoms with Crippen molar-refractivity contribution in [1.29, 1.82) is 0 Å². The van der Waals surface area contributed by atoms with Gasteiger partial charge in [-0.15, -0.1) is 11.3 Å². The number of halogens is 2. The molecule has 0 fully saturated rings. The van der Waals surface area contributed by atoms with Gasteiger partial charge in [-0.05, 0) is 42.3 Å². The van der Waals surface area contributed by atoms with E-state index >= 15 is 0 Å². The van der Waals surface area contributed by atoms with Gasteiger partial charge in [0.2, 0.25) is 0 Å². The summed E-state index contributed by atoms with van der Waals surface area (Å²) in [6.07, 6.45) is 0. The van der Waals surface area contributed by atoms with Crippen LogP contribution in [0.25, 0.3) is 10.6 Å². The van der Waals surface area contributed by atoms with Gasteiger partial charge < -0.3 is 20.7 Å². The lowest BCUT2D eigenvalue weighted by molar-refractivity contribution is -0.142. The Morgan fingerprint density at radius 2 is 1.78 bits per heavy atom. The number of rotatable bonds is 7. The number of esters is 1. The van der Waals surface area contributed by atoms with Crippen molar-refractivity contribution in [2.45, 2.75) is 19.9 Å². The van der Waals surface area contributed by atoms with Crippen LogP contribution < -0.4 is 16.0 Å². The lowest BCUT2D eigenvalue weighted by Gasteiger charge is -2.19. The molecule has 0 aliphatic heterocycles. The molecule has 3 aromatic rings. The number of hydrogen-bond donors (Lipinski definition) is 3. The minimum Gasteiger partial charge on any atom is -0.467 e. The highest BCUT2D eigenvalue weighted by atomic mass is 32.1. The zero-order valence-corrected chi connectivity index (χ0v) is 18.4. The fourth-order valence-electron chi connectivity index (χ4n) is 2.83. The van der Waals surface area contributed by atoms with Crippen LogP contribution in [-0.2, 0) is 9.53 Å². The summed E-state index contributed by atoms with van der Waals surface area (Å²) in [5.41, 5.74) is 1.17. The molecule has 32 heavy (non-hydrogen) atoms. The highest BCUT2D eigenvalue weighted by Crippen LogP contribution is 2.28. The number of carbonyl (C=O) groups is 2. The number of nitrogens with one attached hydrogen (secondary N) is 3. The molecule has 7 nitrogen and oxygen atoms in total. The summed E-state index contributed by atoms with van der Waals surface area (Å²) < 4.78 is 31.5. The molecule has 0 aliphatic carbocycles. The molecule has 0 bridgehead atoms. The Morgan fingerprint density at radius 3 is 2.41 bits per heavy atom.